The zero-order valence-electron chi connectivity index (χ0n) is 13.4. The number of nitrogens with one attached hydrogen (secondary N) is 1. The van der Waals surface area contributed by atoms with Crippen LogP contribution in [0.2, 0.25) is 0 Å². The third kappa shape index (κ3) is 2.98. The van der Waals surface area contributed by atoms with Crippen molar-refractivity contribution in [3.05, 3.63) is 30.2 Å². The summed E-state index contributed by atoms with van der Waals surface area (Å²) in [7, 11) is 2.07. The highest BCUT2D eigenvalue weighted by molar-refractivity contribution is 5.72. The lowest BCUT2D eigenvalue weighted by atomic mass is 9.65. The molecule has 1 aromatic heterocycles. The number of benzene rings is 1. The van der Waals surface area contributed by atoms with Crippen molar-refractivity contribution in [2.45, 2.75) is 52.0 Å². The topological polar surface area (TPSA) is 38.1 Å². The summed E-state index contributed by atoms with van der Waals surface area (Å²) in [6, 6.07) is 8.45. The van der Waals surface area contributed by atoms with Gasteiger partial charge in [-0.2, -0.15) is 0 Å². The minimum absolute atomic E-state index is 0.401. The van der Waals surface area contributed by atoms with Gasteiger partial charge in [0.05, 0.1) is 0 Å². The zero-order chi connectivity index (χ0) is 14.9. The van der Waals surface area contributed by atoms with Crippen molar-refractivity contribution >= 4 is 11.1 Å². The second kappa shape index (κ2) is 5.80. The highest BCUT2D eigenvalue weighted by Crippen LogP contribution is 2.42. The van der Waals surface area contributed by atoms with Crippen LogP contribution in [0.4, 0.5) is 0 Å². The van der Waals surface area contributed by atoms with Gasteiger partial charge >= 0.3 is 0 Å². The Labute approximate surface area is 127 Å². The Morgan fingerprint density at radius 1 is 1.33 bits per heavy atom. The van der Waals surface area contributed by atoms with Gasteiger partial charge in [0.15, 0.2) is 11.5 Å². The number of fused-ring (bicyclic) bond motifs is 1. The summed E-state index contributed by atoms with van der Waals surface area (Å²) in [6.45, 7) is 4.82. The van der Waals surface area contributed by atoms with Gasteiger partial charge in [-0.3, -0.25) is 0 Å². The van der Waals surface area contributed by atoms with Crippen molar-refractivity contribution in [2.24, 2.45) is 11.3 Å². The fourth-order valence-electron chi connectivity index (χ4n) is 3.91. The predicted octanol–water partition coefficient (Wildman–Crippen LogP) is 4.17. The average molecular weight is 286 g/mol. The van der Waals surface area contributed by atoms with Gasteiger partial charge in [0, 0.05) is 12.5 Å². The molecule has 1 saturated carbocycles. The summed E-state index contributed by atoms with van der Waals surface area (Å²) < 4.78 is 5.91. The van der Waals surface area contributed by atoms with E-state index in [0.29, 0.717) is 17.4 Å². The van der Waals surface area contributed by atoms with Crippen LogP contribution in [0.25, 0.3) is 11.1 Å². The Balaban J connectivity index is 1.80. The molecular weight excluding hydrogens is 260 g/mol. The summed E-state index contributed by atoms with van der Waals surface area (Å²) in [5, 5.41) is 3.52. The first-order valence-electron chi connectivity index (χ1n) is 8.12. The van der Waals surface area contributed by atoms with Crippen LogP contribution >= 0.6 is 0 Å². The summed E-state index contributed by atoms with van der Waals surface area (Å²) in [5.74, 6) is 1.54. The molecule has 2 unspecified atom stereocenters. The van der Waals surface area contributed by atoms with Crippen molar-refractivity contribution in [1.82, 2.24) is 10.3 Å². The molecule has 1 heterocycles. The highest BCUT2D eigenvalue weighted by atomic mass is 16.3. The van der Waals surface area contributed by atoms with Gasteiger partial charge < -0.3 is 9.73 Å². The molecule has 3 rings (SSSR count). The fraction of sp³-hybridized carbons (Fsp3) is 0.611. The average Bonchev–Trinajstić information content (AvgIpc) is 2.87. The van der Waals surface area contributed by atoms with Crippen LogP contribution in [0.3, 0.4) is 0 Å². The molecule has 1 N–H and O–H groups in total. The molecule has 2 atom stereocenters. The van der Waals surface area contributed by atoms with Crippen molar-refractivity contribution in [3.8, 4) is 0 Å². The van der Waals surface area contributed by atoms with E-state index >= 15 is 0 Å². The highest BCUT2D eigenvalue weighted by Gasteiger charge is 2.37. The van der Waals surface area contributed by atoms with E-state index in [2.05, 4.69) is 31.2 Å². The molecule has 0 bridgehead atoms. The van der Waals surface area contributed by atoms with Gasteiger partial charge in [0.2, 0.25) is 0 Å². The number of rotatable bonds is 4. The minimum Gasteiger partial charge on any atom is -0.441 e. The summed E-state index contributed by atoms with van der Waals surface area (Å²) in [4.78, 5) is 4.64. The maximum Gasteiger partial charge on any atom is 0.197 e. The Hall–Kier alpha value is -1.35. The van der Waals surface area contributed by atoms with Crippen molar-refractivity contribution < 1.29 is 4.42 Å². The normalized spacial score (nSPS) is 23.3. The van der Waals surface area contributed by atoms with Crippen molar-refractivity contribution in [2.75, 3.05) is 7.05 Å². The first-order chi connectivity index (χ1) is 10.1. The Morgan fingerprint density at radius 3 is 2.86 bits per heavy atom. The first kappa shape index (κ1) is 14.6. The third-order valence-electron chi connectivity index (χ3n) is 5.18. The van der Waals surface area contributed by atoms with E-state index in [0.717, 1.165) is 23.4 Å². The molecule has 1 aliphatic carbocycles. The Bertz CT molecular complexity index is 569. The number of likely N-dealkylation sites (N-methyl/N-ethyl adjacent to an activating group) is 1. The van der Waals surface area contributed by atoms with Crippen LogP contribution in [0.15, 0.2) is 28.7 Å². The van der Waals surface area contributed by atoms with Crippen LogP contribution in [0.5, 0.6) is 0 Å². The molecule has 21 heavy (non-hydrogen) atoms. The monoisotopic (exact) mass is 286 g/mol. The molecule has 0 spiro atoms. The van der Waals surface area contributed by atoms with E-state index in [1.807, 2.05) is 24.3 Å². The van der Waals surface area contributed by atoms with Crippen molar-refractivity contribution in [1.29, 1.82) is 0 Å². The minimum atomic E-state index is 0.401. The lowest BCUT2D eigenvalue weighted by Gasteiger charge is -2.43. The van der Waals surface area contributed by atoms with E-state index in [1.54, 1.807) is 0 Å². The number of hydrogen-bond donors (Lipinski definition) is 1. The maximum atomic E-state index is 5.91. The molecule has 2 aromatic rings. The summed E-state index contributed by atoms with van der Waals surface area (Å²) in [6.07, 6.45) is 6.21. The van der Waals surface area contributed by atoms with Gasteiger partial charge in [-0.15, -0.1) is 0 Å². The van der Waals surface area contributed by atoms with E-state index in [4.69, 9.17) is 4.42 Å². The van der Waals surface area contributed by atoms with Gasteiger partial charge in [-0.25, -0.2) is 4.98 Å². The van der Waals surface area contributed by atoms with Crippen molar-refractivity contribution in [3.63, 3.8) is 0 Å². The molecule has 1 aliphatic rings. The second-order valence-corrected chi connectivity index (χ2v) is 7.02. The molecule has 3 heteroatoms. The standard InChI is InChI=1S/C18H26N2O/c1-18(2)11-7-6-8-13(18)15(19-3)12-17-20-14-9-4-5-10-16(14)21-17/h4-5,9-10,13,15,19H,6-8,11-12H2,1-3H3. The molecule has 0 saturated heterocycles. The summed E-state index contributed by atoms with van der Waals surface area (Å²) >= 11 is 0. The molecular formula is C18H26N2O. The number of oxazole rings is 1. The Morgan fingerprint density at radius 2 is 2.14 bits per heavy atom. The quantitative estimate of drug-likeness (QED) is 0.916. The van der Waals surface area contributed by atoms with E-state index < -0.39 is 0 Å². The number of para-hydroxylation sites is 2. The molecule has 1 aromatic carbocycles. The van der Waals surface area contributed by atoms with Crippen LogP contribution < -0.4 is 5.32 Å². The first-order valence-corrected chi connectivity index (χ1v) is 8.12. The predicted molar refractivity (Wildman–Crippen MR) is 86.3 cm³/mol. The summed E-state index contributed by atoms with van der Waals surface area (Å²) in [5.41, 5.74) is 2.26. The van der Waals surface area contributed by atoms with E-state index in [1.165, 1.54) is 25.7 Å². The van der Waals surface area contributed by atoms with Gasteiger partial charge in [0.1, 0.15) is 5.52 Å². The molecule has 3 nitrogen and oxygen atoms in total. The molecule has 1 fully saturated rings. The lowest BCUT2D eigenvalue weighted by molar-refractivity contribution is 0.0987. The molecule has 0 amide bonds. The number of hydrogen-bond acceptors (Lipinski definition) is 3. The van der Waals surface area contributed by atoms with Gasteiger partial charge in [-0.05, 0) is 43.4 Å². The third-order valence-corrected chi connectivity index (χ3v) is 5.18. The molecule has 0 aliphatic heterocycles. The van der Waals surface area contributed by atoms with E-state index in [-0.39, 0.29) is 0 Å². The molecule has 114 valence electrons. The number of aromatic nitrogens is 1. The SMILES string of the molecule is CNC(Cc1nc2ccccc2o1)C1CCCCC1(C)C. The number of nitrogens with zero attached hydrogens (tertiary/aromatic N) is 1. The van der Waals surface area contributed by atoms with Crippen LogP contribution in [0, 0.1) is 11.3 Å². The molecule has 0 radical (unpaired) electrons. The Kier molecular flexibility index (Phi) is 4.03. The smallest absolute Gasteiger partial charge is 0.197 e. The van der Waals surface area contributed by atoms with Gasteiger partial charge in [0.25, 0.3) is 0 Å². The second-order valence-electron chi connectivity index (χ2n) is 7.02. The zero-order valence-corrected chi connectivity index (χ0v) is 13.4. The lowest BCUT2D eigenvalue weighted by Crippen LogP contribution is -2.44. The van der Waals surface area contributed by atoms with E-state index in [9.17, 15) is 0 Å². The van der Waals surface area contributed by atoms with Crippen LogP contribution in [-0.2, 0) is 6.42 Å². The van der Waals surface area contributed by atoms with Crippen LogP contribution in [0.1, 0.15) is 45.4 Å². The maximum absolute atomic E-state index is 5.91. The fourth-order valence-corrected chi connectivity index (χ4v) is 3.91. The van der Waals surface area contributed by atoms with Crippen LogP contribution in [-0.4, -0.2) is 18.1 Å². The largest absolute Gasteiger partial charge is 0.441 e. The van der Waals surface area contributed by atoms with Gasteiger partial charge in [-0.1, -0.05) is 38.8 Å².